The van der Waals surface area contributed by atoms with Gasteiger partial charge in [0.05, 0.1) is 0 Å². The van der Waals surface area contributed by atoms with Crippen molar-refractivity contribution in [3.63, 3.8) is 0 Å². The minimum absolute atomic E-state index is 0.685. The van der Waals surface area contributed by atoms with Crippen molar-refractivity contribution in [2.45, 2.75) is 48.5 Å². The van der Waals surface area contributed by atoms with Crippen molar-refractivity contribution in [2.24, 2.45) is 5.92 Å². The summed E-state index contributed by atoms with van der Waals surface area (Å²) >= 11 is 0. The number of hydrogen-bond donors (Lipinski definition) is 1. The summed E-state index contributed by atoms with van der Waals surface area (Å²) in [6.45, 7) is 22.6. The minimum Gasteiger partial charge on any atom is -0.385 e. The van der Waals surface area contributed by atoms with E-state index in [1.54, 1.807) is 6.08 Å². The fourth-order valence-corrected chi connectivity index (χ4v) is 0.813. The Morgan fingerprint density at radius 1 is 1.25 bits per heavy atom. The first-order valence-corrected chi connectivity index (χ1v) is 6.12. The highest BCUT2D eigenvalue weighted by Gasteiger charge is 1.96. The number of rotatable bonds is 4. The summed E-state index contributed by atoms with van der Waals surface area (Å²) in [5.41, 5.74) is 2.27. The second kappa shape index (κ2) is 16.4. The molecule has 1 nitrogen and oxygen atoms in total. The average molecular weight is 225 g/mol. The van der Waals surface area contributed by atoms with Gasteiger partial charge in [-0.05, 0) is 32.3 Å². The van der Waals surface area contributed by atoms with Crippen LogP contribution in [0.25, 0.3) is 0 Å². The van der Waals surface area contributed by atoms with Crippen molar-refractivity contribution in [3.8, 4) is 0 Å². The second-order valence-electron chi connectivity index (χ2n) is 3.67. The summed E-state index contributed by atoms with van der Waals surface area (Å²) in [6, 6.07) is 0. The van der Waals surface area contributed by atoms with E-state index in [-0.39, 0.29) is 0 Å². The summed E-state index contributed by atoms with van der Waals surface area (Å²) in [5.74, 6) is 0.685. The number of nitrogens with one attached hydrogen (secondary N) is 1. The summed E-state index contributed by atoms with van der Waals surface area (Å²) in [6.07, 6.45) is 3.81. The van der Waals surface area contributed by atoms with Gasteiger partial charge in [-0.15, -0.1) is 6.58 Å². The molecule has 0 saturated heterocycles. The van der Waals surface area contributed by atoms with Gasteiger partial charge >= 0.3 is 0 Å². The molecule has 0 amide bonds. The average Bonchev–Trinajstić information content (AvgIpc) is 2.22. The van der Waals surface area contributed by atoms with Crippen LogP contribution in [0.3, 0.4) is 0 Å². The third kappa shape index (κ3) is 18.7. The predicted octanol–water partition coefficient (Wildman–Crippen LogP) is 4.93. The summed E-state index contributed by atoms with van der Waals surface area (Å²) in [4.78, 5) is 0. The number of allylic oxidation sites excluding steroid dienone is 3. The van der Waals surface area contributed by atoms with Crippen molar-refractivity contribution in [1.29, 1.82) is 0 Å². The summed E-state index contributed by atoms with van der Waals surface area (Å²) in [7, 11) is 0. The molecule has 0 aromatic heterocycles. The molecule has 0 aliphatic heterocycles. The molecule has 0 fully saturated rings. The maximum Gasteiger partial charge on any atom is 0.0320 e. The quantitative estimate of drug-likeness (QED) is 0.528. The standard InChI is InChI=1S/C10H19N.C3H6.C2H6/c1-6-10(9(4)5)11-7-8(2)3;1-3-2;1-2/h6,8,11H,4,7H2,1-3,5H3;3H,1H2,2H3;1-2H3/b10-6+;;. The van der Waals surface area contributed by atoms with E-state index < -0.39 is 0 Å². The van der Waals surface area contributed by atoms with Crippen LogP contribution in [0.2, 0.25) is 0 Å². The van der Waals surface area contributed by atoms with Gasteiger partial charge in [0.15, 0.2) is 0 Å². The maximum absolute atomic E-state index is 3.87. The zero-order valence-electron chi connectivity index (χ0n) is 12.4. The van der Waals surface area contributed by atoms with Gasteiger partial charge in [0.2, 0.25) is 0 Å². The molecule has 0 heterocycles. The van der Waals surface area contributed by atoms with Gasteiger partial charge in [0.1, 0.15) is 0 Å². The van der Waals surface area contributed by atoms with Crippen LogP contribution >= 0.6 is 0 Å². The molecular formula is C15H31N. The first-order valence-electron chi connectivity index (χ1n) is 6.12. The van der Waals surface area contributed by atoms with Crippen LogP contribution in [0, 0.1) is 5.92 Å². The van der Waals surface area contributed by atoms with E-state index in [2.05, 4.69) is 38.4 Å². The molecule has 0 aliphatic rings. The Labute approximate surface area is 103 Å². The number of hydrogen-bond acceptors (Lipinski definition) is 1. The summed E-state index contributed by atoms with van der Waals surface area (Å²) < 4.78 is 0. The lowest BCUT2D eigenvalue weighted by molar-refractivity contribution is 0.598. The van der Waals surface area contributed by atoms with Crippen LogP contribution in [0.1, 0.15) is 48.5 Å². The van der Waals surface area contributed by atoms with Crippen LogP contribution in [-0.2, 0) is 0 Å². The molecule has 1 N–H and O–H groups in total. The lowest BCUT2D eigenvalue weighted by Gasteiger charge is -2.11. The normalized spacial score (nSPS) is 9.38. The predicted molar refractivity (Wildman–Crippen MR) is 78.6 cm³/mol. The van der Waals surface area contributed by atoms with Crippen LogP contribution in [0.4, 0.5) is 0 Å². The second-order valence-corrected chi connectivity index (χ2v) is 3.67. The van der Waals surface area contributed by atoms with E-state index in [1.165, 1.54) is 5.70 Å². The summed E-state index contributed by atoms with van der Waals surface area (Å²) in [5, 5.41) is 3.33. The van der Waals surface area contributed by atoms with Crippen molar-refractivity contribution in [1.82, 2.24) is 5.32 Å². The van der Waals surface area contributed by atoms with E-state index in [0.29, 0.717) is 5.92 Å². The topological polar surface area (TPSA) is 12.0 Å². The molecule has 0 spiro atoms. The third-order valence-corrected chi connectivity index (χ3v) is 1.45. The van der Waals surface area contributed by atoms with Crippen LogP contribution in [-0.4, -0.2) is 6.54 Å². The van der Waals surface area contributed by atoms with Gasteiger partial charge in [-0.3, -0.25) is 0 Å². The van der Waals surface area contributed by atoms with Gasteiger partial charge in [-0.2, -0.15) is 0 Å². The van der Waals surface area contributed by atoms with Crippen LogP contribution in [0.5, 0.6) is 0 Å². The van der Waals surface area contributed by atoms with E-state index in [4.69, 9.17) is 0 Å². The molecule has 0 aromatic rings. The lowest BCUT2D eigenvalue weighted by Crippen LogP contribution is -2.19. The van der Waals surface area contributed by atoms with Crippen LogP contribution in [0.15, 0.2) is 36.6 Å². The maximum atomic E-state index is 3.87. The Bertz CT molecular complexity index is 188. The fourth-order valence-electron chi connectivity index (χ4n) is 0.813. The van der Waals surface area contributed by atoms with Gasteiger partial charge in [-0.1, -0.05) is 46.4 Å². The van der Waals surface area contributed by atoms with Crippen LogP contribution < -0.4 is 5.32 Å². The Morgan fingerprint density at radius 3 is 1.81 bits per heavy atom. The van der Waals surface area contributed by atoms with Gasteiger partial charge in [0.25, 0.3) is 0 Å². The lowest BCUT2D eigenvalue weighted by atomic mass is 10.2. The molecule has 0 unspecified atom stereocenters. The highest BCUT2D eigenvalue weighted by atomic mass is 14.9. The minimum atomic E-state index is 0.685. The fraction of sp³-hybridized carbons (Fsp3) is 0.600. The first-order chi connectivity index (χ1) is 7.49. The van der Waals surface area contributed by atoms with Crippen molar-refractivity contribution < 1.29 is 0 Å². The molecule has 0 atom stereocenters. The molecule has 0 saturated carbocycles. The monoisotopic (exact) mass is 225 g/mol. The SMILES string of the molecule is C=C(C)/C(=C\C)NCC(C)C.C=CC.CC. The van der Waals surface area contributed by atoms with Gasteiger partial charge in [-0.25, -0.2) is 0 Å². The molecule has 1 heteroatoms. The Balaban J connectivity index is -0.000000289. The van der Waals surface area contributed by atoms with Crippen molar-refractivity contribution in [2.75, 3.05) is 6.54 Å². The molecule has 16 heavy (non-hydrogen) atoms. The molecule has 0 radical (unpaired) electrons. The highest BCUT2D eigenvalue weighted by Crippen LogP contribution is 2.02. The third-order valence-electron chi connectivity index (χ3n) is 1.45. The molecule has 0 aliphatic carbocycles. The van der Waals surface area contributed by atoms with E-state index in [1.807, 2.05) is 34.6 Å². The van der Waals surface area contributed by atoms with E-state index in [9.17, 15) is 0 Å². The Hall–Kier alpha value is -0.980. The Morgan fingerprint density at radius 2 is 1.62 bits per heavy atom. The molecule has 0 aromatic carbocycles. The molecule has 96 valence electrons. The Kier molecular flexibility index (Phi) is 21.0. The molecule has 0 bridgehead atoms. The van der Waals surface area contributed by atoms with E-state index in [0.717, 1.165) is 12.1 Å². The smallest absolute Gasteiger partial charge is 0.0320 e. The van der Waals surface area contributed by atoms with Crippen molar-refractivity contribution in [3.05, 3.63) is 36.6 Å². The molecular weight excluding hydrogens is 194 g/mol. The van der Waals surface area contributed by atoms with E-state index >= 15 is 0 Å². The van der Waals surface area contributed by atoms with Gasteiger partial charge in [0, 0.05) is 12.2 Å². The first kappa shape index (κ1) is 20.4. The largest absolute Gasteiger partial charge is 0.385 e. The van der Waals surface area contributed by atoms with Crippen molar-refractivity contribution >= 4 is 0 Å². The highest BCUT2D eigenvalue weighted by molar-refractivity contribution is 5.23. The zero-order valence-corrected chi connectivity index (χ0v) is 12.4. The van der Waals surface area contributed by atoms with Gasteiger partial charge < -0.3 is 5.32 Å². The molecule has 0 rings (SSSR count). The zero-order chi connectivity index (χ0) is 13.6.